The molecule has 1 N–H and O–H groups in total. The van der Waals surface area contributed by atoms with Gasteiger partial charge in [0.25, 0.3) is 0 Å². The molecule has 1 saturated heterocycles. The van der Waals surface area contributed by atoms with Crippen LogP contribution < -0.4 is 5.32 Å². The molecule has 1 aromatic rings. The standard InChI is InChI=1S/C15H26N2S/c1-12(11-17-9-5-4-6-10-17)16-14(3)15-8-7-13(2)18-15/h7-8,12,14,16H,4-6,9-11H2,1-3H3. The van der Waals surface area contributed by atoms with Gasteiger partial charge in [-0.3, -0.25) is 0 Å². The van der Waals surface area contributed by atoms with E-state index in [0.29, 0.717) is 12.1 Å². The number of likely N-dealkylation sites (tertiary alicyclic amines) is 1. The number of hydrogen-bond acceptors (Lipinski definition) is 3. The maximum absolute atomic E-state index is 3.73. The summed E-state index contributed by atoms with van der Waals surface area (Å²) in [5.74, 6) is 0. The van der Waals surface area contributed by atoms with Crippen molar-refractivity contribution in [3.63, 3.8) is 0 Å². The SMILES string of the molecule is Cc1ccc(C(C)NC(C)CN2CCCCC2)s1. The third-order valence-corrected chi connectivity index (χ3v) is 4.89. The van der Waals surface area contributed by atoms with Crippen LogP contribution in [0.15, 0.2) is 12.1 Å². The second-order valence-electron chi connectivity index (χ2n) is 5.60. The molecule has 2 atom stereocenters. The molecule has 0 spiro atoms. The molecule has 0 bridgehead atoms. The van der Waals surface area contributed by atoms with Crippen molar-refractivity contribution >= 4 is 11.3 Å². The van der Waals surface area contributed by atoms with Crippen LogP contribution in [0.4, 0.5) is 0 Å². The maximum atomic E-state index is 3.73. The number of thiophene rings is 1. The molecule has 0 aliphatic carbocycles. The highest BCUT2D eigenvalue weighted by molar-refractivity contribution is 7.12. The van der Waals surface area contributed by atoms with Gasteiger partial charge in [-0.2, -0.15) is 0 Å². The van der Waals surface area contributed by atoms with Gasteiger partial charge in [-0.15, -0.1) is 11.3 Å². The minimum absolute atomic E-state index is 0.475. The Hall–Kier alpha value is -0.380. The van der Waals surface area contributed by atoms with E-state index in [0.717, 1.165) is 0 Å². The summed E-state index contributed by atoms with van der Waals surface area (Å²) in [5, 5.41) is 3.73. The predicted octanol–water partition coefficient (Wildman–Crippen LogP) is 3.58. The van der Waals surface area contributed by atoms with Crippen LogP contribution in [0.25, 0.3) is 0 Å². The summed E-state index contributed by atoms with van der Waals surface area (Å²) in [5.41, 5.74) is 0. The van der Waals surface area contributed by atoms with Crippen LogP contribution in [-0.2, 0) is 0 Å². The lowest BCUT2D eigenvalue weighted by Gasteiger charge is -2.30. The van der Waals surface area contributed by atoms with Gasteiger partial charge in [-0.05, 0) is 58.8 Å². The zero-order chi connectivity index (χ0) is 13.0. The molecule has 0 radical (unpaired) electrons. The minimum atomic E-state index is 0.475. The minimum Gasteiger partial charge on any atom is -0.306 e. The van der Waals surface area contributed by atoms with Crippen molar-refractivity contribution in [3.8, 4) is 0 Å². The molecule has 1 aliphatic heterocycles. The molecule has 0 saturated carbocycles. The monoisotopic (exact) mass is 266 g/mol. The van der Waals surface area contributed by atoms with Crippen LogP contribution >= 0.6 is 11.3 Å². The summed E-state index contributed by atoms with van der Waals surface area (Å²) in [4.78, 5) is 5.47. The molecule has 1 aromatic heterocycles. The number of piperidine rings is 1. The Morgan fingerprint density at radius 1 is 1.22 bits per heavy atom. The van der Waals surface area contributed by atoms with Crippen molar-refractivity contribution in [2.24, 2.45) is 0 Å². The fourth-order valence-electron chi connectivity index (χ4n) is 2.78. The summed E-state index contributed by atoms with van der Waals surface area (Å²) in [6, 6.07) is 5.52. The quantitative estimate of drug-likeness (QED) is 0.876. The third-order valence-electron chi connectivity index (χ3n) is 3.70. The summed E-state index contributed by atoms with van der Waals surface area (Å²) in [6.45, 7) is 10.5. The molecule has 1 fully saturated rings. The second-order valence-corrected chi connectivity index (χ2v) is 6.92. The number of aryl methyl sites for hydroxylation is 1. The normalized spacial score (nSPS) is 20.8. The topological polar surface area (TPSA) is 15.3 Å². The van der Waals surface area contributed by atoms with E-state index in [1.807, 2.05) is 11.3 Å². The molecule has 2 rings (SSSR count). The van der Waals surface area contributed by atoms with E-state index in [1.165, 1.54) is 48.7 Å². The van der Waals surface area contributed by atoms with Crippen LogP contribution in [0, 0.1) is 6.92 Å². The molecular formula is C15H26N2S. The Kier molecular flexibility index (Phi) is 5.22. The summed E-state index contributed by atoms with van der Waals surface area (Å²) < 4.78 is 0. The fourth-order valence-corrected chi connectivity index (χ4v) is 3.67. The average Bonchev–Trinajstić information content (AvgIpc) is 2.77. The smallest absolute Gasteiger partial charge is 0.0388 e. The average molecular weight is 266 g/mol. The van der Waals surface area contributed by atoms with Crippen molar-refractivity contribution in [1.82, 2.24) is 10.2 Å². The Morgan fingerprint density at radius 2 is 1.94 bits per heavy atom. The van der Waals surface area contributed by atoms with Crippen molar-refractivity contribution in [1.29, 1.82) is 0 Å². The number of rotatable bonds is 5. The molecule has 3 heteroatoms. The molecule has 0 aromatic carbocycles. The highest BCUT2D eigenvalue weighted by Gasteiger charge is 2.15. The van der Waals surface area contributed by atoms with Gasteiger partial charge in [-0.1, -0.05) is 6.42 Å². The first-order valence-electron chi connectivity index (χ1n) is 7.20. The Morgan fingerprint density at radius 3 is 2.56 bits per heavy atom. The fraction of sp³-hybridized carbons (Fsp3) is 0.733. The van der Waals surface area contributed by atoms with E-state index in [1.54, 1.807) is 0 Å². The Bertz CT molecular complexity index is 355. The van der Waals surface area contributed by atoms with Crippen molar-refractivity contribution in [3.05, 3.63) is 21.9 Å². The first-order valence-corrected chi connectivity index (χ1v) is 8.01. The molecule has 2 unspecified atom stereocenters. The van der Waals surface area contributed by atoms with Gasteiger partial charge in [0.05, 0.1) is 0 Å². The van der Waals surface area contributed by atoms with Crippen LogP contribution in [0.3, 0.4) is 0 Å². The summed E-state index contributed by atoms with van der Waals surface area (Å²) in [7, 11) is 0. The first-order chi connectivity index (χ1) is 8.65. The second kappa shape index (κ2) is 6.69. The van der Waals surface area contributed by atoms with Gasteiger partial charge in [0.2, 0.25) is 0 Å². The molecule has 2 nitrogen and oxygen atoms in total. The van der Waals surface area contributed by atoms with Crippen LogP contribution in [0.5, 0.6) is 0 Å². The summed E-state index contributed by atoms with van der Waals surface area (Å²) in [6.07, 6.45) is 4.18. The zero-order valence-corrected chi connectivity index (χ0v) is 12.7. The Balaban J connectivity index is 1.77. The lowest BCUT2D eigenvalue weighted by atomic mass is 10.1. The lowest BCUT2D eigenvalue weighted by molar-refractivity contribution is 0.205. The van der Waals surface area contributed by atoms with E-state index in [9.17, 15) is 0 Å². The van der Waals surface area contributed by atoms with Crippen molar-refractivity contribution < 1.29 is 0 Å². The van der Waals surface area contributed by atoms with Gasteiger partial charge in [0, 0.05) is 28.4 Å². The van der Waals surface area contributed by atoms with Gasteiger partial charge < -0.3 is 10.2 Å². The highest BCUT2D eigenvalue weighted by Crippen LogP contribution is 2.22. The van der Waals surface area contributed by atoms with Crippen molar-refractivity contribution in [2.45, 2.75) is 52.1 Å². The molecular weight excluding hydrogens is 240 g/mol. The van der Waals surface area contributed by atoms with Gasteiger partial charge >= 0.3 is 0 Å². The van der Waals surface area contributed by atoms with Gasteiger partial charge in [0.15, 0.2) is 0 Å². The largest absolute Gasteiger partial charge is 0.306 e. The predicted molar refractivity (Wildman–Crippen MR) is 80.4 cm³/mol. The number of hydrogen-bond donors (Lipinski definition) is 1. The molecule has 0 amide bonds. The van der Waals surface area contributed by atoms with Crippen LogP contribution in [0.1, 0.15) is 48.9 Å². The molecule has 18 heavy (non-hydrogen) atoms. The third kappa shape index (κ3) is 4.08. The lowest BCUT2D eigenvalue weighted by Crippen LogP contribution is -2.42. The Labute approximate surface area is 115 Å². The molecule has 102 valence electrons. The van der Waals surface area contributed by atoms with E-state index < -0.39 is 0 Å². The van der Waals surface area contributed by atoms with E-state index in [2.05, 4.69) is 43.1 Å². The van der Waals surface area contributed by atoms with E-state index in [-0.39, 0.29) is 0 Å². The van der Waals surface area contributed by atoms with Crippen LogP contribution in [-0.4, -0.2) is 30.6 Å². The highest BCUT2D eigenvalue weighted by atomic mass is 32.1. The summed E-state index contributed by atoms with van der Waals surface area (Å²) >= 11 is 1.91. The van der Waals surface area contributed by atoms with Gasteiger partial charge in [0.1, 0.15) is 0 Å². The molecule has 1 aliphatic rings. The number of nitrogens with one attached hydrogen (secondary N) is 1. The van der Waals surface area contributed by atoms with E-state index >= 15 is 0 Å². The number of nitrogens with zero attached hydrogens (tertiary/aromatic N) is 1. The van der Waals surface area contributed by atoms with Crippen LogP contribution in [0.2, 0.25) is 0 Å². The maximum Gasteiger partial charge on any atom is 0.0388 e. The van der Waals surface area contributed by atoms with Gasteiger partial charge in [-0.25, -0.2) is 0 Å². The van der Waals surface area contributed by atoms with Crippen molar-refractivity contribution in [2.75, 3.05) is 19.6 Å². The molecule has 2 heterocycles. The van der Waals surface area contributed by atoms with E-state index in [4.69, 9.17) is 0 Å². The zero-order valence-electron chi connectivity index (χ0n) is 11.9. The first kappa shape index (κ1) is 14.0.